The second-order valence-corrected chi connectivity index (χ2v) is 9.94. The Balaban J connectivity index is 1.60. The highest BCUT2D eigenvalue weighted by Gasteiger charge is 2.52. The summed E-state index contributed by atoms with van der Waals surface area (Å²) in [6, 6.07) is 0. The lowest BCUT2D eigenvalue weighted by Gasteiger charge is -2.30. The van der Waals surface area contributed by atoms with Crippen molar-refractivity contribution in [3.05, 3.63) is 6.33 Å². The maximum Gasteiger partial charge on any atom is 0.325 e. The van der Waals surface area contributed by atoms with Crippen molar-refractivity contribution in [1.82, 2.24) is 19.5 Å². The zero-order valence-electron chi connectivity index (χ0n) is 14.9. The molecule has 3 saturated heterocycles. The summed E-state index contributed by atoms with van der Waals surface area (Å²) in [7, 11) is 0. The second-order valence-electron chi connectivity index (χ2n) is 7.15. The highest BCUT2D eigenvalue weighted by atomic mass is 32.5. The van der Waals surface area contributed by atoms with E-state index in [2.05, 4.69) is 19.9 Å². The van der Waals surface area contributed by atoms with Crippen molar-refractivity contribution in [1.29, 1.82) is 0 Å². The van der Waals surface area contributed by atoms with Crippen LogP contribution in [0.5, 0.6) is 0 Å². The Morgan fingerprint density at radius 3 is 2.82 bits per heavy atom. The van der Waals surface area contributed by atoms with E-state index in [9.17, 15) is 10.00 Å². The predicted octanol–water partition coefficient (Wildman–Crippen LogP) is 0.289. The lowest BCUT2D eigenvalue weighted by molar-refractivity contribution is -0.0589. The Hall–Kier alpha value is -1.40. The van der Waals surface area contributed by atoms with Crippen LogP contribution in [0.25, 0.3) is 11.2 Å². The molecule has 3 aliphatic rings. The van der Waals surface area contributed by atoms with Crippen LogP contribution >= 0.6 is 6.72 Å². The zero-order chi connectivity index (χ0) is 19.5. The summed E-state index contributed by atoms with van der Waals surface area (Å²) in [6.45, 7) is -1.66. The monoisotopic (exact) mass is 428 g/mol. The highest BCUT2D eigenvalue weighted by Crippen LogP contribution is 2.53. The fourth-order valence-electron chi connectivity index (χ4n) is 4.02. The van der Waals surface area contributed by atoms with Gasteiger partial charge in [0.05, 0.1) is 6.61 Å². The van der Waals surface area contributed by atoms with Gasteiger partial charge in [0.2, 0.25) is 5.95 Å². The van der Waals surface area contributed by atoms with Gasteiger partial charge in [0.1, 0.15) is 24.6 Å². The van der Waals surface area contributed by atoms with Crippen LogP contribution in [0.4, 0.5) is 11.8 Å². The van der Waals surface area contributed by atoms with E-state index in [0.29, 0.717) is 17.1 Å². The summed E-state index contributed by atoms with van der Waals surface area (Å²) in [4.78, 5) is 25.1. The number of piperidine rings is 1. The third-order valence-electron chi connectivity index (χ3n) is 5.35. The maximum absolute atomic E-state index is 11.0. The standard InChI is InChI=1S/C15H21N6O5PS/c16-12-9-13(18-7-17-12)21(15(19-9)20-4-2-1-3-5-20)14-10(22)11-8(25-14)6-24-27(23,28)26-11/h7-8,10-11,14,22H,1-6H2,(H,23,28)(H2,16,17,18). The molecule has 5 atom stereocenters. The van der Waals surface area contributed by atoms with Gasteiger partial charge in [-0.05, 0) is 31.1 Å². The van der Waals surface area contributed by atoms with Crippen molar-refractivity contribution >= 4 is 41.5 Å². The Morgan fingerprint density at radius 2 is 2.04 bits per heavy atom. The van der Waals surface area contributed by atoms with E-state index >= 15 is 0 Å². The molecule has 5 rings (SSSR count). The SMILES string of the molecule is Nc1ncnc2c1nc(N1CCCCC1)n2C1OC2COP(O)(=S)OC2C1O. The smallest absolute Gasteiger partial charge is 0.325 e. The fourth-order valence-corrected chi connectivity index (χ4v) is 5.46. The molecule has 0 amide bonds. The van der Waals surface area contributed by atoms with E-state index in [1.54, 1.807) is 4.57 Å². The number of hydrogen-bond donors (Lipinski definition) is 3. The van der Waals surface area contributed by atoms with Gasteiger partial charge >= 0.3 is 6.72 Å². The van der Waals surface area contributed by atoms with Crippen molar-refractivity contribution in [2.75, 3.05) is 30.3 Å². The van der Waals surface area contributed by atoms with Crippen molar-refractivity contribution in [3.8, 4) is 0 Å². The molecular weight excluding hydrogens is 407 g/mol. The van der Waals surface area contributed by atoms with Gasteiger partial charge in [0, 0.05) is 13.1 Å². The predicted molar refractivity (Wildman–Crippen MR) is 103 cm³/mol. The highest BCUT2D eigenvalue weighted by molar-refractivity contribution is 8.07. The number of aliphatic hydroxyl groups excluding tert-OH is 1. The van der Waals surface area contributed by atoms with E-state index in [4.69, 9.17) is 31.3 Å². The van der Waals surface area contributed by atoms with E-state index in [0.717, 1.165) is 32.4 Å². The van der Waals surface area contributed by atoms with Crippen LogP contribution in [-0.2, 0) is 25.6 Å². The zero-order valence-corrected chi connectivity index (χ0v) is 16.6. The molecule has 5 unspecified atom stereocenters. The number of rotatable bonds is 2. The van der Waals surface area contributed by atoms with Gasteiger partial charge in [-0.15, -0.1) is 0 Å². The van der Waals surface area contributed by atoms with Crippen LogP contribution in [0.2, 0.25) is 0 Å². The third kappa shape index (κ3) is 3.00. The maximum atomic E-state index is 11.0. The summed E-state index contributed by atoms with van der Waals surface area (Å²) >= 11 is 4.92. The Kier molecular flexibility index (Phi) is 4.55. The number of nitrogen functional groups attached to an aromatic ring is 1. The molecule has 13 heteroatoms. The Morgan fingerprint density at radius 1 is 1.25 bits per heavy atom. The minimum Gasteiger partial charge on any atom is -0.386 e. The van der Waals surface area contributed by atoms with Crippen molar-refractivity contribution < 1.29 is 23.8 Å². The summed E-state index contributed by atoms with van der Waals surface area (Å²) < 4.78 is 18.4. The van der Waals surface area contributed by atoms with Gasteiger partial charge in [-0.2, -0.15) is 0 Å². The number of nitrogens with zero attached hydrogens (tertiary/aromatic N) is 5. The molecule has 11 nitrogen and oxygen atoms in total. The summed E-state index contributed by atoms with van der Waals surface area (Å²) in [5.41, 5.74) is 6.95. The molecule has 0 radical (unpaired) electrons. The lowest BCUT2D eigenvalue weighted by atomic mass is 10.1. The van der Waals surface area contributed by atoms with E-state index in [1.807, 2.05) is 0 Å². The Labute approximate surface area is 165 Å². The van der Waals surface area contributed by atoms with Crippen molar-refractivity contribution in [2.45, 2.75) is 43.8 Å². The molecule has 0 bridgehead atoms. The number of anilines is 2. The molecule has 2 aromatic rings. The fraction of sp³-hybridized carbons (Fsp3) is 0.667. The van der Waals surface area contributed by atoms with Crippen LogP contribution in [0, 0.1) is 0 Å². The summed E-state index contributed by atoms with van der Waals surface area (Å²) in [6.07, 6.45) is 1.36. The normalized spacial score (nSPS) is 36.0. The topological polar surface area (TPSA) is 141 Å². The largest absolute Gasteiger partial charge is 0.386 e. The number of aliphatic hydroxyl groups is 1. The molecule has 0 aromatic carbocycles. The van der Waals surface area contributed by atoms with Gasteiger partial charge in [0.25, 0.3) is 0 Å². The van der Waals surface area contributed by atoms with Gasteiger partial charge in [0.15, 0.2) is 23.2 Å². The third-order valence-corrected chi connectivity index (χ3v) is 6.91. The first kappa shape index (κ1) is 18.6. The Bertz CT molecular complexity index is 952. The van der Waals surface area contributed by atoms with Crippen LogP contribution in [0.15, 0.2) is 6.33 Å². The number of nitrogens with two attached hydrogens (primary N) is 1. The number of fused-ring (bicyclic) bond motifs is 2. The van der Waals surface area contributed by atoms with Gasteiger partial charge in [-0.1, -0.05) is 0 Å². The van der Waals surface area contributed by atoms with Crippen molar-refractivity contribution in [3.63, 3.8) is 0 Å². The number of ether oxygens (including phenoxy) is 1. The van der Waals surface area contributed by atoms with Crippen LogP contribution in [-0.4, -0.2) is 67.5 Å². The van der Waals surface area contributed by atoms with Crippen LogP contribution in [0.3, 0.4) is 0 Å². The van der Waals surface area contributed by atoms with Gasteiger partial charge < -0.3 is 29.9 Å². The summed E-state index contributed by atoms with van der Waals surface area (Å²) in [5, 5.41) is 11.0. The molecule has 0 spiro atoms. The molecule has 5 heterocycles. The van der Waals surface area contributed by atoms with Gasteiger partial charge in [-0.3, -0.25) is 9.09 Å². The first-order valence-corrected chi connectivity index (χ1v) is 11.8. The first-order valence-electron chi connectivity index (χ1n) is 9.17. The van der Waals surface area contributed by atoms with Gasteiger partial charge in [-0.25, -0.2) is 15.0 Å². The molecule has 0 aliphatic carbocycles. The van der Waals surface area contributed by atoms with Crippen molar-refractivity contribution in [2.24, 2.45) is 0 Å². The molecule has 3 aliphatic heterocycles. The number of hydrogen-bond acceptors (Lipinski definition) is 10. The molecule has 4 N–H and O–H groups in total. The minimum absolute atomic E-state index is 0.0504. The van der Waals surface area contributed by atoms with Crippen LogP contribution < -0.4 is 10.6 Å². The van der Waals surface area contributed by atoms with E-state index < -0.39 is 31.3 Å². The summed E-state index contributed by atoms with van der Waals surface area (Å²) in [5.74, 6) is 0.881. The molecule has 28 heavy (non-hydrogen) atoms. The minimum atomic E-state index is -3.38. The number of imidazole rings is 1. The average molecular weight is 428 g/mol. The second kappa shape index (κ2) is 6.84. The van der Waals surface area contributed by atoms with E-state index in [-0.39, 0.29) is 12.4 Å². The van der Waals surface area contributed by atoms with Crippen LogP contribution in [0.1, 0.15) is 25.5 Å². The lowest BCUT2D eigenvalue weighted by Crippen LogP contribution is -2.39. The first-order chi connectivity index (χ1) is 13.4. The molecule has 0 saturated carbocycles. The molecular formula is C15H21N6O5PS. The van der Waals surface area contributed by atoms with E-state index in [1.165, 1.54) is 6.33 Å². The number of aromatic nitrogens is 4. The average Bonchev–Trinajstić information content (AvgIpc) is 3.21. The quantitative estimate of drug-likeness (QED) is 0.568. The molecule has 152 valence electrons. The molecule has 2 aromatic heterocycles. The molecule has 3 fully saturated rings.